The van der Waals surface area contributed by atoms with Crippen molar-refractivity contribution < 1.29 is 37.0 Å². The Balaban J connectivity index is 1.47. The molecule has 0 bridgehead atoms. The van der Waals surface area contributed by atoms with Gasteiger partial charge in [-0.1, -0.05) is 0 Å². The lowest BCUT2D eigenvalue weighted by Gasteiger charge is -2.31. The second kappa shape index (κ2) is 11.6. The molecule has 2 aliphatic rings. The first kappa shape index (κ1) is 30.2. The van der Waals surface area contributed by atoms with Gasteiger partial charge in [-0.05, 0) is 88.2 Å². The highest BCUT2D eigenvalue weighted by atomic mass is 32.1. The van der Waals surface area contributed by atoms with E-state index < -0.39 is 40.5 Å². The minimum atomic E-state index is -4.82. The molecule has 0 aromatic heterocycles. The Morgan fingerprint density at radius 2 is 1.83 bits per heavy atom. The van der Waals surface area contributed by atoms with E-state index in [1.165, 1.54) is 43.0 Å². The lowest BCUT2D eigenvalue weighted by atomic mass is 9.94. The molecular weight excluding hydrogens is 564 g/mol. The number of carbonyl (C=O) groups is 2. The van der Waals surface area contributed by atoms with E-state index in [1.54, 1.807) is 0 Å². The third kappa shape index (κ3) is 6.28. The number of thiocarbonyl (C=S) groups is 1. The van der Waals surface area contributed by atoms with E-state index in [9.17, 15) is 22.8 Å². The molecule has 0 atom stereocenters. The van der Waals surface area contributed by atoms with Crippen LogP contribution in [0.25, 0.3) is 0 Å². The van der Waals surface area contributed by atoms with Crippen molar-refractivity contribution in [3.8, 4) is 11.8 Å². The number of carbonyl (C=O) groups excluding carboxylic acids is 1. The number of amides is 1. The number of nitriles is 1. The normalized spacial score (nSPS) is 18.1. The number of carboxylic acid groups (broad SMARTS) is 1. The van der Waals surface area contributed by atoms with E-state index in [2.05, 4.69) is 4.90 Å². The average molecular weight is 593 g/mol. The number of rotatable bonds is 8. The van der Waals surface area contributed by atoms with Gasteiger partial charge >= 0.3 is 12.1 Å². The Bertz CT molecular complexity index is 1400. The minimum absolute atomic E-state index is 0.0115. The van der Waals surface area contributed by atoms with Crippen molar-refractivity contribution in [2.75, 3.05) is 36.0 Å². The molecule has 0 radical (unpaired) electrons. The Morgan fingerprint density at radius 1 is 1.17 bits per heavy atom. The van der Waals surface area contributed by atoms with Gasteiger partial charge in [-0.25, -0.2) is 4.39 Å². The van der Waals surface area contributed by atoms with Gasteiger partial charge in [0.1, 0.15) is 12.1 Å². The molecule has 4 rings (SSSR count). The number of ether oxygens (including phenoxy) is 1. The van der Waals surface area contributed by atoms with Crippen LogP contribution < -0.4 is 14.5 Å². The molecule has 2 aromatic carbocycles. The molecule has 41 heavy (non-hydrogen) atoms. The largest absolute Gasteiger partial charge is 0.489 e. The Morgan fingerprint density at radius 3 is 2.41 bits per heavy atom. The van der Waals surface area contributed by atoms with E-state index in [0.29, 0.717) is 12.6 Å². The first-order valence-corrected chi connectivity index (χ1v) is 13.3. The van der Waals surface area contributed by atoms with E-state index >= 15 is 4.39 Å². The minimum Gasteiger partial charge on any atom is -0.489 e. The van der Waals surface area contributed by atoms with Gasteiger partial charge in [0.15, 0.2) is 16.7 Å². The zero-order valence-electron chi connectivity index (χ0n) is 22.4. The van der Waals surface area contributed by atoms with Crippen molar-refractivity contribution in [2.24, 2.45) is 5.92 Å². The van der Waals surface area contributed by atoms with Crippen LogP contribution in [0.4, 0.5) is 28.9 Å². The first-order chi connectivity index (χ1) is 19.2. The van der Waals surface area contributed by atoms with Crippen molar-refractivity contribution in [3.63, 3.8) is 0 Å². The number of aliphatic carboxylic acids is 1. The van der Waals surface area contributed by atoms with Crippen LogP contribution in [0.2, 0.25) is 0 Å². The van der Waals surface area contributed by atoms with Crippen LogP contribution in [0.1, 0.15) is 44.2 Å². The quantitative estimate of drug-likeness (QED) is 0.330. The van der Waals surface area contributed by atoms with Crippen molar-refractivity contribution in [1.29, 1.82) is 5.26 Å². The molecule has 2 fully saturated rings. The summed E-state index contributed by atoms with van der Waals surface area (Å²) in [6, 6.07) is 8.46. The fourth-order valence-corrected chi connectivity index (χ4v) is 5.67. The van der Waals surface area contributed by atoms with Gasteiger partial charge in [-0.2, -0.15) is 18.4 Å². The summed E-state index contributed by atoms with van der Waals surface area (Å²) < 4.78 is 61.4. The van der Waals surface area contributed by atoms with Crippen LogP contribution in [0.15, 0.2) is 36.4 Å². The maximum atomic E-state index is 15.1. The van der Waals surface area contributed by atoms with Crippen LogP contribution in [0, 0.1) is 23.1 Å². The molecule has 2 aromatic rings. The van der Waals surface area contributed by atoms with Crippen molar-refractivity contribution >= 4 is 40.6 Å². The molecule has 2 saturated heterocycles. The van der Waals surface area contributed by atoms with Crippen molar-refractivity contribution in [3.05, 3.63) is 53.3 Å². The van der Waals surface area contributed by atoms with Gasteiger partial charge in [0, 0.05) is 24.7 Å². The number of likely N-dealkylation sites (tertiary alicyclic amines) is 1. The number of benzene rings is 2. The molecule has 218 valence electrons. The number of anilines is 2. The molecule has 2 heterocycles. The van der Waals surface area contributed by atoms with Crippen LogP contribution in [-0.2, 0) is 15.8 Å². The van der Waals surface area contributed by atoms with Gasteiger partial charge in [-0.3, -0.25) is 19.4 Å². The zero-order chi connectivity index (χ0) is 30.1. The van der Waals surface area contributed by atoms with E-state index in [0.717, 1.165) is 43.0 Å². The molecule has 1 amide bonds. The zero-order valence-corrected chi connectivity index (χ0v) is 23.2. The third-order valence-corrected chi connectivity index (χ3v) is 7.73. The predicted octanol–water partition coefficient (Wildman–Crippen LogP) is 5.20. The van der Waals surface area contributed by atoms with Gasteiger partial charge in [0.2, 0.25) is 0 Å². The first-order valence-electron chi connectivity index (χ1n) is 12.9. The number of halogens is 4. The lowest BCUT2D eigenvalue weighted by Crippen LogP contribution is -2.44. The highest BCUT2D eigenvalue weighted by Gasteiger charge is 2.51. The highest BCUT2D eigenvalue weighted by molar-refractivity contribution is 7.81. The van der Waals surface area contributed by atoms with Gasteiger partial charge in [0.25, 0.3) is 5.91 Å². The number of piperidine rings is 1. The van der Waals surface area contributed by atoms with E-state index in [-0.39, 0.29) is 41.2 Å². The third-order valence-electron chi connectivity index (χ3n) is 7.36. The Kier molecular flexibility index (Phi) is 8.56. The van der Waals surface area contributed by atoms with Crippen molar-refractivity contribution in [1.82, 2.24) is 4.90 Å². The predicted molar refractivity (Wildman–Crippen MR) is 146 cm³/mol. The number of carboxylic acids is 1. The molecule has 1 N–H and O–H groups in total. The number of alkyl halides is 3. The summed E-state index contributed by atoms with van der Waals surface area (Å²) in [5.41, 5.74) is -3.08. The van der Waals surface area contributed by atoms with Gasteiger partial charge < -0.3 is 14.7 Å². The standard InChI is InChI=1S/C28H28F4N4O4S/c1-27(2)25(39)35(19-4-3-18(16-33)21(14-19)28(30,31)32)26(41)36(27)20-5-6-23(22(29)15-20)40-12-11-34-9-7-17(8-10-34)13-24(37)38/h3-6,14-15,17H,7-13H2,1-2H3,(H,37,38). The van der Waals surface area contributed by atoms with E-state index in [4.69, 9.17) is 27.3 Å². The van der Waals surface area contributed by atoms with Crippen LogP contribution in [-0.4, -0.2) is 58.8 Å². The van der Waals surface area contributed by atoms with Crippen LogP contribution >= 0.6 is 12.2 Å². The second-order valence-electron chi connectivity index (χ2n) is 10.5. The van der Waals surface area contributed by atoms with Crippen LogP contribution in [0.5, 0.6) is 5.75 Å². The summed E-state index contributed by atoms with van der Waals surface area (Å²) in [6.45, 7) is 5.27. The number of hydrogen-bond acceptors (Lipinski definition) is 6. The summed E-state index contributed by atoms with van der Waals surface area (Å²) in [6.07, 6.45) is -3.12. The molecule has 13 heteroatoms. The molecule has 0 spiro atoms. The van der Waals surface area contributed by atoms with E-state index in [1.807, 2.05) is 0 Å². The fourth-order valence-electron chi connectivity index (χ4n) is 5.15. The molecule has 0 aliphatic carbocycles. The van der Waals surface area contributed by atoms with Gasteiger partial charge in [0.05, 0.1) is 22.9 Å². The monoisotopic (exact) mass is 592 g/mol. The number of hydrogen-bond donors (Lipinski definition) is 1. The molecular formula is C28H28F4N4O4S. The fraction of sp³-hybridized carbons (Fsp3) is 0.429. The molecule has 0 unspecified atom stereocenters. The Hall–Kier alpha value is -3.76. The Labute approximate surface area is 239 Å². The maximum Gasteiger partial charge on any atom is 0.417 e. The molecule has 0 saturated carbocycles. The topological polar surface area (TPSA) is 97.1 Å². The summed E-state index contributed by atoms with van der Waals surface area (Å²) in [7, 11) is 0. The summed E-state index contributed by atoms with van der Waals surface area (Å²) in [5.74, 6) is -1.98. The summed E-state index contributed by atoms with van der Waals surface area (Å²) >= 11 is 5.49. The second-order valence-corrected chi connectivity index (χ2v) is 10.9. The summed E-state index contributed by atoms with van der Waals surface area (Å²) in [5, 5.41) is 17.9. The molecule has 8 nitrogen and oxygen atoms in total. The SMILES string of the molecule is CC1(C)C(=O)N(c2ccc(C#N)c(C(F)(F)F)c2)C(=S)N1c1ccc(OCCN2CCC(CC(=O)O)CC2)c(F)c1. The van der Waals surface area contributed by atoms with Gasteiger partial charge in [-0.15, -0.1) is 0 Å². The maximum absolute atomic E-state index is 15.1. The highest BCUT2D eigenvalue weighted by Crippen LogP contribution is 2.40. The lowest BCUT2D eigenvalue weighted by molar-refractivity contribution is -0.139. The number of nitrogens with zero attached hydrogens (tertiary/aromatic N) is 4. The molecule has 2 aliphatic heterocycles. The smallest absolute Gasteiger partial charge is 0.417 e. The van der Waals surface area contributed by atoms with Crippen LogP contribution in [0.3, 0.4) is 0 Å². The van der Waals surface area contributed by atoms with Crippen molar-refractivity contribution in [2.45, 2.75) is 44.8 Å². The average Bonchev–Trinajstić information content (AvgIpc) is 3.07. The summed E-state index contributed by atoms with van der Waals surface area (Å²) in [4.78, 5) is 28.7.